The number of Topliss-reactive ketones (excluding diaryl/α,β-unsaturated/α-hetero) is 1. The third-order valence-corrected chi connectivity index (χ3v) is 2.09. The van der Waals surface area contributed by atoms with E-state index in [0.717, 1.165) is 0 Å². The lowest BCUT2D eigenvalue weighted by Crippen LogP contribution is -2.08. The standard InChI is InChI=1S/C8H9BrN2O2/c9-3-7(13)8-5(10)1-4(12)2-6(8)11/h1-2,12H,3,10-11H2. The van der Waals surface area contributed by atoms with Gasteiger partial charge < -0.3 is 16.6 Å². The molecule has 0 spiro atoms. The second kappa shape index (κ2) is 3.66. The number of carbonyl (C=O) groups excluding carboxylic acids is 1. The summed E-state index contributed by atoms with van der Waals surface area (Å²) in [5.74, 6) is -0.240. The SMILES string of the molecule is Nc1cc(O)cc(N)c1C(=O)CBr. The van der Waals surface area contributed by atoms with Crippen molar-refractivity contribution >= 4 is 33.1 Å². The van der Waals surface area contributed by atoms with Crippen LogP contribution < -0.4 is 11.5 Å². The number of carbonyl (C=O) groups is 1. The normalized spacial score (nSPS) is 9.92. The van der Waals surface area contributed by atoms with Crippen LogP contribution in [0.3, 0.4) is 0 Å². The van der Waals surface area contributed by atoms with E-state index in [0.29, 0.717) is 0 Å². The molecule has 5 N–H and O–H groups in total. The van der Waals surface area contributed by atoms with E-state index in [1.54, 1.807) is 0 Å². The number of nitrogen functional groups attached to an aromatic ring is 2. The van der Waals surface area contributed by atoms with Crippen molar-refractivity contribution in [2.75, 3.05) is 16.8 Å². The first kappa shape index (κ1) is 9.85. The molecule has 0 aromatic heterocycles. The summed E-state index contributed by atoms with van der Waals surface area (Å²) in [5.41, 5.74) is 11.7. The zero-order valence-electron chi connectivity index (χ0n) is 6.75. The highest BCUT2D eigenvalue weighted by Gasteiger charge is 2.13. The van der Waals surface area contributed by atoms with Gasteiger partial charge in [-0.25, -0.2) is 0 Å². The molecule has 0 fully saturated rings. The summed E-state index contributed by atoms with van der Waals surface area (Å²) in [5, 5.41) is 9.25. The van der Waals surface area contributed by atoms with Gasteiger partial charge in [-0.1, -0.05) is 15.9 Å². The Morgan fingerprint density at radius 1 is 1.38 bits per heavy atom. The topological polar surface area (TPSA) is 89.3 Å². The Labute approximate surface area is 83.7 Å². The molecule has 0 radical (unpaired) electrons. The molecule has 0 aliphatic carbocycles. The van der Waals surface area contributed by atoms with Gasteiger partial charge >= 0.3 is 0 Å². The largest absolute Gasteiger partial charge is 0.508 e. The van der Waals surface area contributed by atoms with E-state index in [2.05, 4.69) is 15.9 Å². The van der Waals surface area contributed by atoms with Gasteiger partial charge in [0.25, 0.3) is 0 Å². The summed E-state index contributed by atoms with van der Waals surface area (Å²) in [6.07, 6.45) is 0. The number of aromatic hydroxyl groups is 1. The number of rotatable bonds is 2. The van der Waals surface area contributed by atoms with Crippen LogP contribution in [-0.2, 0) is 0 Å². The molecule has 0 saturated carbocycles. The van der Waals surface area contributed by atoms with Gasteiger partial charge in [0.1, 0.15) is 5.75 Å². The molecule has 0 amide bonds. The van der Waals surface area contributed by atoms with Crippen molar-refractivity contribution < 1.29 is 9.90 Å². The molecule has 13 heavy (non-hydrogen) atoms. The molecular weight excluding hydrogens is 236 g/mol. The number of hydrogen-bond acceptors (Lipinski definition) is 4. The Morgan fingerprint density at radius 2 is 1.85 bits per heavy atom. The van der Waals surface area contributed by atoms with Gasteiger partial charge in [-0.05, 0) is 0 Å². The van der Waals surface area contributed by atoms with E-state index in [4.69, 9.17) is 16.6 Å². The third-order valence-electron chi connectivity index (χ3n) is 1.58. The van der Waals surface area contributed by atoms with Crippen LogP contribution >= 0.6 is 15.9 Å². The van der Waals surface area contributed by atoms with Crippen molar-refractivity contribution in [2.24, 2.45) is 0 Å². The fourth-order valence-electron chi connectivity index (χ4n) is 1.06. The van der Waals surface area contributed by atoms with Crippen molar-refractivity contribution in [1.82, 2.24) is 0 Å². The van der Waals surface area contributed by atoms with Crippen LogP contribution in [0.5, 0.6) is 5.75 Å². The molecule has 4 nitrogen and oxygen atoms in total. The maximum Gasteiger partial charge on any atom is 0.177 e. The number of anilines is 2. The monoisotopic (exact) mass is 244 g/mol. The Morgan fingerprint density at radius 3 is 2.23 bits per heavy atom. The second-order valence-electron chi connectivity index (χ2n) is 2.56. The van der Waals surface area contributed by atoms with Gasteiger partial charge in [-0.15, -0.1) is 0 Å². The van der Waals surface area contributed by atoms with E-state index < -0.39 is 0 Å². The summed E-state index contributed by atoms with van der Waals surface area (Å²) < 4.78 is 0. The van der Waals surface area contributed by atoms with Crippen LogP contribution in [0.1, 0.15) is 10.4 Å². The predicted octanol–water partition coefficient (Wildman–Crippen LogP) is 1.13. The van der Waals surface area contributed by atoms with E-state index in [-0.39, 0.29) is 33.8 Å². The smallest absolute Gasteiger partial charge is 0.177 e. The van der Waals surface area contributed by atoms with Crippen molar-refractivity contribution in [3.8, 4) is 5.75 Å². The predicted molar refractivity (Wildman–Crippen MR) is 55.1 cm³/mol. The first-order chi connectivity index (χ1) is 6.06. The van der Waals surface area contributed by atoms with Crippen molar-refractivity contribution in [1.29, 1.82) is 0 Å². The van der Waals surface area contributed by atoms with E-state index in [1.165, 1.54) is 12.1 Å². The number of hydrogen-bond donors (Lipinski definition) is 3. The molecular formula is C8H9BrN2O2. The van der Waals surface area contributed by atoms with Gasteiger partial charge in [0.15, 0.2) is 5.78 Å². The average molecular weight is 245 g/mol. The summed E-state index contributed by atoms with van der Waals surface area (Å²) in [6, 6.07) is 2.60. The maximum atomic E-state index is 11.3. The number of benzene rings is 1. The van der Waals surface area contributed by atoms with E-state index in [9.17, 15) is 4.79 Å². The molecule has 0 heterocycles. The number of phenolic OH excluding ortho intramolecular Hbond substituents is 1. The highest BCUT2D eigenvalue weighted by atomic mass is 79.9. The average Bonchev–Trinajstić information content (AvgIpc) is 2.02. The summed E-state index contributed by atoms with van der Waals surface area (Å²) in [6.45, 7) is 0. The van der Waals surface area contributed by atoms with E-state index >= 15 is 0 Å². The van der Waals surface area contributed by atoms with Gasteiger partial charge in [0.05, 0.1) is 10.9 Å². The first-order valence-corrected chi connectivity index (χ1v) is 4.65. The number of halogens is 1. The van der Waals surface area contributed by atoms with Gasteiger partial charge in [0, 0.05) is 23.5 Å². The highest BCUT2D eigenvalue weighted by Crippen LogP contribution is 2.26. The van der Waals surface area contributed by atoms with Gasteiger partial charge in [-0.3, -0.25) is 4.79 Å². The molecule has 0 aliphatic rings. The Hall–Kier alpha value is -1.23. The van der Waals surface area contributed by atoms with Crippen LogP contribution in [0, 0.1) is 0 Å². The first-order valence-electron chi connectivity index (χ1n) is 3.53. The molecule has 5 heteroatoms. The quantitative estimate of drug-likeness (QED) is 0.414. The Kier molecular flexibility index (Phi) is 2.77. The van der Waals surface area contributed by atoms with Gasteiger partial charge in [-0.2, -0.15) is 0 Å². The lowest BCUT2D eigenvalue weighted by Gasteiger charge is -2.06. The summed E-state index contributed by atoms with van der Waals surface area (Å²) >= 11 is 3.02. The van der Waals surface area contributed by atoms with Crippen molar-refractivity contribution in [3.63, 3.8) is 0 Å². The molecule has 0 bridgehead atoms. The zero-order chi connectivity index (χ0) is 10.0. The number of phenols is 1. The van der Waals surface area contributed by atoms with Crippen LogP contribution in [0.2, 0.25) is 0 Å². The maximum absolute atomic E-state index is 11.3. The number of ketones is 1. The van der Waals surface area contributed by atoms with E-state index in [1.807, 2.05) is 0 Å². The minimum absolute atomic E-state index is 0.0406. The van der Waals surface area contributed by atoms with Gasteiger partial charge in [0.2, 0.25) is 0 Å². The lowest BCUT2D eigenvalue weighted by molar-refractivity contribution is 0.102. The van der Waals surface area contributed by atoms with Crippen LogP contribution in [0.4, 0.5) is 11.4 Å². The molecule has 0 saturated heterocycles. The van der Waals surface area contributed by atoms with Crippen LogP contribution in [0.15, 0.2) is 12.1 Å². The Bertz CT molecular complexity index is 329. The van der Waals surface area contributed by atoms with Crippen LogP contribution in [0.25, 0.3) is 0 Å². The number of alkyl halides is 1. The highest BCUT2D eigenvalue weighted by molar-refractivity contribution is 9.09. The molecule has 0 atom stereocenters. The molecule has 1 aromatic carbocycles. The molecule has 1 aromatic rings. The molecule has 1 rings (SSSR count). The summed E-state index contributed by atoms with van der Waals surface area (Å²) in [4.78, 5) is 11.3. The Balaban J connectivity index is 3.28. The molecule has 0 aliphatic heterocycles. The number of nitrogens with two attached hydrogens (primary N) is 2. The minimum atomic E-state index is -0.199. The van der Waals surface area contributed by atoms with Crippen molar-refractivity contribution in [3.05, 3.63) is 17.7 Å². The third kappa shape index (κ3) is 1.92. The molecule has 70 valence electrons. The lowest BCUT2D eigenvalue weighted by atomic mass is 10.1. The second-order valence-corrected chi connectivity index (χ2v) is 3.12. The van der Waals surface area contributed by atoms with Crippen LogP contribution in [-0.4, -0.2) is 16.2 Å². The minimum Gasteiger partial charge on any atom is -0.508 e. The zero-order valence-corrected chi connectivity index (χ0v) is 8.34. The molecule has 0 unspecified atom stereocenters. The van der Waals surface area contributed by atoms with Crippen molar-refractivity contribution in [2.45, 2.75) is 0 Å². The fourth-order valence-corrected chi connectivity index (χ4v) is 1.34. The summed E-state index contributed by atoms with van der Waals surface area (Å²) in [7, 11) is 0. The fraction of sp³-hybridized carbons (Fsp3) is 0.125.